The van der Waals surface area contributed by atoms with Crippen LogP contribution in [0.1, 0.15) is 22.8 Å². The van der Waals surface area contributed by atoms with Crippen LogP contribution in [0.15, 0.2) is 59.3 Å². The van der Waals surface area contributed by atoms with Gasteiger partial charge < -0.3 is 24.3 Å². The van der Waals surface area contributed by atoms with Crippen LogP contribution in [0.25, 0.3) is 11.1 Å². The van der Waals surface area contributed by atoms with Crippen LogP contribution in [0, 0.1) is 5.92 Å². The smallest absolute Gasteiger partial charge is 0.380 e. The van der Waals surface area contributed by atoms with Gasteiger partial charge in [-0.05, 0) is 24.1 Å². The number of pyridine rings is 1. The van der Waals surface area contributed by atoms with E-state index in [1.54, 1.807) is 6.26 Å². The van der Waals surface area contributed by atoms with Gasteiger partial charge in [-0.1, -0.05) is 24.3 Å². The minimum absolute atomic E-state index is 0.0866. The fraction of sp³-hybridized carbons (Fsp3) is 0.318. The Morgan fingerprint density at radius 3 is 2.77 bits per heavy atom. The molecule has 1 N–H and O–H groups in total. The van der Waals surface area contributed by atoms with Crippen LogP contribution < -0.4 is 9.67 Å². The van der Waals surface area contributed by atoms with Crippen LogP contribution in [0.5, 0.6) is 0 Å². The summed E-state index contributed by atoms with van der Waals surface area (Å²) in [5, 5.41) is 21.4. The number of amides is 1. The zero-order valence-electron chi connectivity index (χ0n) is 16.0. The number of hydrogen-bond acceptors (Lipinski definition) is 6. The van der Waals surface area contributed by atoms with Crippen LogP contribution in [0.4, 0.5) is 0 Å². The predicted octanol–water partition coefficient (Wildman–Crippen LogP) is 0.842. The second-order valence-electron chi connectivity index (χ2n) is 7.63. The van der Waals surface area contributed by atoms with Gasteiger partial charge in [0.1, 0.15) is 0 Å². The predicted molar refractivity (Wildman–Crippen MR) is 107 cm³/mol. The minimum atomic E-state index is -1.24. The number of carboxylic acid groups (broad SMARTS) is 1. The van der Waals surface area contributed by atoms with Crippen molar-refractivity contribution in [2.24, 2.45) is 5.92 Å². The summed E-state index contributed by atoms with van der Waals surface area (Å²) < 4.78 is 7.59. The largest absolute Gasteiger partial charge is 0.548 e. The molecule has 2 aliphatic heterocycles. The molecule has 154 valence electrons. The summed E-state index contributed by atoms with van der Waals surface area (Å²) >= 11 is 1.47. The first-order chi connectivity index (χ1) is 14.6. The number of furan rings is 1. The fourth-order valence-electron chi connectivity index (χ4n) is 4.40. The molecular weight excluding hydrogens is 404 g/mol. The van der Waals surface area contributed by atoms with Crippen molar-refractivity contribution in [1.29, 1.82) is 0 Å². The molecule has 2 aliphatic rings. The van der Waals surface area contributed by atoms with E-state index in [4.69, 9.17) is 4.42 Å². The molecule has 3 aromatic rings. The molecule has 7 nitrogen and oxygen atoms in total. The van der Waals surface area contributed by atoms with Crippen molar-refractivity contribution in [1.82, 2.24) is 4.90 Å². The maximum Gasteiger partial charge on any atom is 0.380 e. The fourth-order valence-corrected chi connectivity index (χ4v) is 6.22. The number of carboxylic acids is 1. The van der Waals surface area contributed by atoms with Crippen molar-refractivity contribution in [3.05, 3.63) is 66.1 Å². The Kier molecular flexibility index (Phi) is 4.75. The lowest BCUT2D eigenvalue weighted by Crippen LogP contribution is -2.63. The standard InChI is InChI=1S/C22H20N2O5S/c25-10-7-16-19(26)24-17(22(27)28)18(30-21(16)24)14-5-3-13(4-6-14)12-23-9-1-2-15-8-11-29-20(15)23/h1-6,8-9,11,16-18,21,25H,7,10,12H2/t16-,17?,18?,21+/m0/s1. The summed E-state index contributed by atoms with van der Waals surface area (Å²) in [5.74, 6) is -1.77. The van der Waals surface area contributed by atoms with E-state index in [1.165, 1.54) is 16.7 Å². The Balaban J connectivity index is 1.38. The maximum atomic E-state index is 12.4. The molecule has 2 saturated heterocycles. The summed E-state index contributed by atoms with van der Waals surface area (Å²) in [6.07, 6.45) is 3.97. The van der Waals surface area contributed by atoms with Gasteiger partial charge in [0.25, 0.3) is 0 Å². The maximum absolute atomic E-state index is 12.4. The highest BCUT2D eigenvalue weighted by atomic mass is 32.2. The third-order valence-corrected chi connectivity index (χ3v) is 7.54. The zero-order chi connectivity index (χ0) is 20.8. The molecule has 2 unspecified atom stereocenters. The SMILES string of the molecule is O=C([O-])C1C(c2ccc(C[n+]3cccc4ccoc43)cc2)S[C@@H]2[C@@H](CCO)C(=O)N12. The number of rotatable bonds is 6. The first-order valence-electron chi connectivity index (χ1n) is 9.82. The lowest BCUT2D eigenvalue weighted by Gasteiger charge is -2.44. The summed E-state index contributed by atoms with van der Waals surface area (Å²) in [5.41, 5.74) is 2.70. The number of aliphatic hydroxyl groups is 1. The molecule has 30 heavy (non-hydrogen) atoms. The number of aliphatic hydroxyl groups excluding tert-OH is 1. The molecule has 8 heteroatoms. The van der Waals surface area contributed by atoms with E-state index < -0.39 is 12.0 Å². The molecule has 0 radical (unpaired) electrons. The number of benzene rings is 1. The van der Waals surface area contributed by atoms with E-state index in [2.05, 4.69) is 0 Å². The molecule has 2 fully saturated rings. The number of aromatic nitrogens is 1. The van der Waals surface area contributed by atoms with Gasteiger partial charge in [-0.15, -0.1) is 11.8 Å². The van der Waals surface area contributed by atoms with Gasteiger partial charge in [0.2, 0.25) is 5.91 Å². The first kappa shape index (κ1) is 19.1. The van der Waals surface area contributed by atoms with E-state index in [0.29, 0.717) is 13.0 Å². The Labute approximate surface area is 176 Å². The van der Waals surface area contributed by atoms with Gasteiger partial charge in [0, 0.05) is 18.2 Å². The number of β-lactam (4-membered cyclic amide) rings is 1. The highest BCUT2D eigenvalue weighted by Gasteiger charge is 2.58. The summed E-state index contributed by atoms with van der Waals surface area (Å²) in [6.45, 7) is 0.537. The topological polar surface area (TPSA) is 97.7 Å². The molecule has 1 amide bonds. The Morgan fingerprint density at radius 1 is 1.23 bits per heavy atom. The monoisotopic (exact) mass is 424 g/mol. The number of fused-ring (bicyclic) bond motifs is 2. The van der Waals surface area contributed by atoms with Gasteiger partial charge in [-0.25, -0.2) is 0 Å². The lowest BCUT2D eigenvalue weighted by molar-refractivity contribution is -0.668. The molecule has 0 aliphatic carbocycles. The molecular formula is C22H20N2O5S. The second-order valence-corrected chi connectivity index (χ2v) is 8.90. The van der Waals surface area contributed by atoms with Crippen LogP contribution in [-0.4, -0.2) is 39.9 Å². The van der Waals surface area contributed by atoms with Crippen LogP contribution in [0.3, 0.4) is 0 Å². The summed E-state index contributed by atoms with van der Waals surface area (Å²) in [4.78, 5) is 25.6. The van der Waals surface area contributed by atoms with Gasteiger partial charge >= 0.3 is 5.71 Å². The molecule has 4 atom stereocenters. The van der Waals surface area contributed by atoms with E-state index >= 15 is 0 Å². The number of carbonyl (C=O) groups excluding carboxylic acids is 2. The Bertz CT molecular complexity index is 1110. The number of aliphatic carboxylic acids is 1. The third-order valence-electron chi connectivity index (χ3n) is 5.88. The lowest BCUT2D eigenvalue weighted by atomic mass is 9.91. The van der Waals surface area contributed by atoms with Crippen LogP contribution >= 0.6 is 11.8 Å². The van der Waals surface area contributed by atoms with Crippen LogP contribution in [0.2, 0.25) is 0 Å². The number of carbonyl (C=O) groups is 2. The minimum Gasteiger partial charge on any atom is -0.548 e. The van der Waals surface area contributed by atoms with Crippen molar-refractivity contribution >= 4 is 34.7 Å². The van der Waals surface area contributed by atoms with Gasteiger partial charge in [-0.3, -0.25) is 4.79 Å². The van der Waals surface area contributed by atoms with E-state index in [1.807, 2.05) is 53.2 Å². The van der Waals surface area contributed by atoms with Crippen molar-refractivity contribution in [3.63, 3.8) is 0 Å². The number of nitrogens with zero attached hydrogens (tertiary/aromatic N) is 2. The highest BCUT2D eigenvalue weighted by molar-refractivity contribution is 8.00. The third kappa shape index (κ3) is 2.98. The molecule has 2 aromatic heterocycles. The normalized spacial score (nSPS) is 25.4. The van der Waals surface area contributed by atoms with Crippen molar-refractivity contribution in [3.8, 4) is 0 Å². The summed E-state index contributed by atoms with van der Waals surface area (Å²) in [7, 11) is 0. The zero-order valence-corrected chi connectivity index (χ0v) is 16.8. The molecule has 4 heterocycles. The van der Waals surface area contributed by atoms with Crippen molar-refractivity contribution in [2.75, 3.05) is 6.61 Å². The van der Waals surface area contributed by atoms with Crippen molar-refractivity contribution < 1.29 is 28.8 Å². The molecule has 0 bridgehead atoms. The van der Waals surface area contributed by atoms with Crippen molar-refractivity contribution in [2.45, 2.75) is 29.6 Å². The average Bonchev–Trinajstić information content (AvgIpc) is 3.36. The number of hydrogen-bond donors (Lipinski definition) is 1. The first-order valence-corrected chi connectivity index (χ1v) is 10.8. The van der Waals surface area contributed by atoms with E-state index in [0.717, 1.165) is 22.2 Å². The second kappa shape index (κ2) is 7.45. The molecule has 0 spiro atoms. The molecule has 5 rings (SSSR count). The molecule has 1 aromatic carbocycles. The Morgan fingerprint density at radius 2 is 2.03 bits per heavy atom. The van der Waals surface area contributed by atoms with Gasteiger partial charge in [0.15, 0.2) is 12.7 Å². The molecule has 0 saturated carbocycles. The van der Waals surface area contributed by atoms with Crippen LogP contribution in [-0.2, 0) is 16.1 Å². The number of thioether (sulfide) groups is 1. The summed E-state index contributed by atoms with van der Waals surface area (Å²) in [6, 6.07) is 12.7. The van der Waals surface area contributed by atoms with Gasteiger partial charge in [0.05, 0.1) is 40.2 Å². The van der Waals surface area contributed by atoms with E-state index in [-0.39, 0.29) is 29.1 Å². The van der Waals surface area contributed by atoms with Gasteiger partial charge in [-0.2, -0.15) is 4.57 Å². The Hall–Kier alpha value is -2.84. The highest BCUT2D eigenvalue weighted by Crippen LogP contribution is 2.54. The average molecular weight is 424 g/mol. The van der Waals surface area contributed by atoms with E-state index in [9.17, 15) is 19.8 Å². The quantitative estimate of drug-likeness (QED) is 0.465.